The highest BCUT2D eigenvalue weighted by Crippen LogP contribution is 2.34. The third kappa shape index (κ3) is 10.5. The van der Waals surface area contributed by atoms with Gasteiger partial charge in [-0.2, -0.15) is 0 Å². The average molecular weight is 705 g/mol. The monoisotopic (exact) mass is 704 g/mol. The predicted octanol–water partition coefficient (Wildman–Crippen LogP) is 9.61. The molecule has 4 aromatic rings. The van der Waals surface area contributed by atoms with Crippen molar-refractivity contribution in [3.8, 4) is 11.5 Å². The fourth-order valence-electron chi connectivity index (χ4n) is 5.29. The molecule has 48 heavy (non-hydrogen) atoms. The number of benzene rings is 4. The number of carbonyl (C=O) groups excluding carboxylic acids is 1. The second-order valence-corrected chi connectivity index (χ2v) is 17.3. The fraction of sp³-hybridized carbons (Fsp3) is 0.359. The molecule has 4 rings (SSSR count). The molecule has 0 saturated carbocycles. The first-order valence-corrected chi connectivity index (χ1v) is 19.9. The molecule has 254 valence electrons. The van der Waals surface area contributed by atoms with Gasteiger partial charge in [-0.25, -0.2) is 4.79 Å². The molecule has 2 atom stereocenters. The third-order valence-electron chi connectivity index (χ3n) is 8.61. The Morgan fingerprint density at radius 1 is 0.708 bits per heavy atom. The van der Waals surface area contributed by atoms with Crippen LogP contribution in [0.5, 0.6) is 11.5 Å². The maximum absolute atomic E-state index is 12.9. The van der Waals surface area contributed by atoms with Gasteiger partial charge in [-0.3, -0.25) is 4.57 Å². The molecular formula is C39H45O6PS2. The number of carbonyl (C=O) groups is 1. The summed E-state index contributed by atoms with van der Waals surface area (Å²) >= 11 is 4.79. The lowest BCUT2D eigenvalue weighted by Crippen LogP contribution is -2.31. The zero-order valence-electron chi connectivity index (χ0n) is 28.6. The number of aryl methyl sites for hydroxylation is 2. The lowest BCUT2D eigenvalue weighted by Gasteiger charge is -2.26. The molecule has 0 bridgehead atoms. The van der Waals surface area contributed by atoms with Gasteiger partial charge in [-0.05, 0) is 87.5 Å². The van der Waals surface area contributed by atoms with Crippen molar-refractivity contribution < 1.29 is 28.3 Å². The Kier molecular flexibility index (Phi) is 13.4. The van der Waals surface area contributed by atoms with Gasteiger partial charge in [0.2, 0.25) is 0 Å². The van der Waals surface area contributed by atoms with Gasteiger partial charge in [0.1, 0.15) is 18.1 Å². The molecule has 2 unspecified atom stereocenters. The van der Waals surface area contributed by atoms with E-state index in [9.17, 15) is 9.36 Å². The molecule has 9 heteroatoms. The first-order chi connectivity index (χ1) is 22.9. The molecule has 0 aliphatic heterocycles. The van der Waals surface area contributed by atoms with Crippen molar-refractivity contribution in [2.45, 2.75) is 64.9 Å². The van der Waals surface area contributed by atoms with E-state index in [1.54, 1.807) is 12.1 Å². The summed E-state index contributed by atoms with van der Waals surface area (Å²) < 4.78 is 34.7. The minimum Gasteiger partial charge on any atom is -0.490 e. The van der Waals surface area contributed by atoms with Crippen LogP contribution >= 0.6 is 6.58 Å². The van der Waals surface area contributed by atoms with Crippen LogP contribution in [0.4, 0.5) is 4.79 Å². The first kappa shape index (κ1) is 37.3. The zero-order valence-corrected chi connectivity index (χ0v) is 31.1. The van der Waals surface area contributed by atoms with Crippen LogP contribution < -0.4 is 9.47 Å². The molecular weight excluding hydrogens is 660 g/mol. The maximum Gasteiger partial charge on any atom is 0.514 e. The largest absolute Gasteiger partial charge is 0.514 e. The number of rotatable bonds is 15. The van der Waals surface area contributed by atoms with Gasteiger partial charge >= 0.3 is 6.16 Å². The van der Waals surface area contributed by atoms with Crippen molar-refractivity contribution >= 4 is 33.4 Å². The zero-order chi connectivity index (χ0) is 34.7. The number of hydrogen-bond donors (Lipinski definition) is 0. The normalized spacial score (nSPS) is 12.6. The Hall–Kier alpha value is -3.55. The topological polar surface area (TPSA) is 71.1 Å². The van der Waals surface area contributed by atoms with Gasteiger partial charge in [0, 0.05) is 23.6 Å². The van der Waals surface area contributed by atoms with E-state index in [0.29, 0.717) is 30.7 Å². The van der Waals surface area contributed by atoms with Crippen molar-refractivity contribution in [1.29, 1.82) is 0 Å². The van der Waals surface area contributed by atoms with Crippen LogP contribution in [0, 0.1) is 13.8 Å². The van der Waals surface area contributed by atoms with Gasteiger partial charge in [-0.1, -0.05) is 112 Å². The van der Waals surface area contributed by atoms with E-state index < -0.39 is 18.8 Å². The average Bonchev–Trinajstić information content (AvgIpc) is 3.07. The van der Waals surface area contributed by atoms with Crippen molar-refractivity contribution in [1.82, 2.24) is 0 Å². The van der Waals surface area contributed by atoms with Gasteiger partial charge < -0.3 is 18.9 Å². The van der Waals surface area contributed by atoms with Crippen LogP contribution in [-0.4, -0.2) is 38.2 Å². The molecule has 0 fully saturated rings. The van der Waals surface area contributed by atoms with Crippen LogP contribution in [0.15, 0.2) is 97.1 Å². The highest BCUT2D eigenvalue weighted by Gasteiger charge is 2.25. The molecule has 0 saturated heterocycles. The second-order valence-electron chi connectivity index (χ2n) is 13.0. The predicted molar refractivity (Wildman–Crippen MR) is 199 cm³/mol. The highest BCUT2D eigenvalue weighted by molar-refractivity contribution is 8.32. The van der Waals surface area contributed by atoms with Crippen molar-refractivity contribution in [2.24, 2.45) is 0 Å². The van der Waals surface area contributed by atoms with E-state index in [0.717, 1.165) is 20.6 Å². The third-order valence-corrected chi connectivity index (χ3v) is 12.0. The quantitative estimate of drug-likeness (QED) is 0.0528. The first-order valence-electron chi connectivity index (χ1n) is 16.1. The smallest absolute Gasteiger partial charge is 0.490 e. The lowest BCUT2D eigenvalue weighted by molar-refractivity contribution is -0.0168. The molecule has 0 amide bonds. The highest BCUT2D eigenvalue weighted by atomic mass is 32.9. The molecule has 0 aliphatic carbocycles. The van der Waals surface area contributed by atoms with Gasteiger partial charge in [0.05, 0.1) is 6.61 Å². The molecule has 0 spiro atoms. The summed E-state index contributed by atoms with van der Waals surface area (Å²) in [4.78, 5) is 12.9. The minimum absolute atomic E-state index is 0.0652. The number of ether oxygens (including phenoxy) is 4. The van der Waals surface area contributed by atoms with Gasteiger partial charge in [-0.15, -0.1) is 0 Å². The van der Waals surface area contributed by atoms with Crippen LogP contribution in [0.2, 0.25) is 0 Å². The van der Waals surface area contributed by atoms with Gasteiger partial charge in [0.15, 0.2) is 12.7 Å². The molecule has 0 aliphatic rings. The van der Waals surface area contributed by atoms with E-state index in [4.69, 9.17) is 30.1 Å². The lowest BCUT2D eigenvalue weighted by atomic mass is 9.78. The van der Waals surface area contributed by atoms with Crippen LogP contribution in [0.25, 0.3) is 0 Å². The van der Waals surface area contributed by atoms with E-state index in [2.05, 4.69) is 102 Å². The molecule has 0 N–H and O–H groups in total. The van der Waals surface area contributed by atoms with Crippen molar-refractivity contribution in [3.05, 3.63) is 130 Å². The van der Waals surface area contributed by atoms with Crippen molar-refractivity contribution in [3.63, 3.8) is 0 Å². The molecule has 0 heterocycles. The summed E-state index contributed by atoms with van der Waals surface area (Å²) in [7, 11) is 0.938. The molecule has 4 aromatic carbocycles. The number of hydrogen-bond acceptors (Lipinski definition) is 7. The molecule has 0 radical (unpaired) electrons. The Bertz CT molecular complexity index is 1740. The summed E-state index contributed by atoms with van der Waals surface area (Å²) in [5.74, 6) is 1.02. The van der Waals surface area contributed by atoms with E-state index >= 15 is 0 Å². The fourth-order valence-corrected chi connectivity index (χ4v) is 7.03. The van der Waals surface area contributed by atoms with E-state index in [-0.39, 0.29) is 24.0 Å². The Balaban J connectivity index is 1.38. The maximum atomic E-state index is 12.9. The molecule has 0 aromatic heterocycles. The van der Waals surface area contributed by atoms with E-state index in [1.165, 1.54) is 22.3 Å². The van der Waals surface area contributed by atoms with E-state index in [1.807, 2.05) is 24.3 Å². The second kappa shape index (κ2) is 17.2. The van der Waals surface area contributed by atoms with Crippen LogP contribution in [0.3, 0.4) is 0 Å². The summed E-state index contributed by atoms with van der Waals surface area (Å²) in [6, 6.07) is 32.5. The summed E-state index contributed by atoms with van der Waals surface area (Å²) in [5, 5.41) is 0. The Morgan fingerprint density at radius 2 is 1.15 bits per heavy atom. The van der Waals surface area contributed by atoms with Gasteiger partial charge in [0.25, 0.3) is 0 Å². The van der Waals surface area contributed by atoms with Crippen LogP contribution in [0.1, 0.15) is 67.5 Å². The summed E-state index contributed by atoms with van der Waals surface area (Å²) in [5.41, 5.74) is 6.71. The van der Waals surface area contributed by atoms with Crippen LogP contribution in [-0.2, 0) is 45.6 Å². The molecule has 6 nitrogen and oxygen atoms in total. The summed E-state index contributed by atoms with van der Waals surface area (Å²) in [6.07, 6.45) is -0.530. The standard InChI is InChI=1S/C39H45O6PS2/c1-28-8-12-30(13-9-28)38(3,4)32-16-20-34(21-17-32)43-27-36(26-42-24-7-25-46(41)48-47)45-37(40)44-35-22-18-33(19-23-35)39(5,6)31-14-10-29(2)11-15-31/h8-23,36H,7,24-27H2,1-6H3. The summed E-state index contributed by atoms with van der Waals surface area (Å²) in [6.45, 7) is 11.9. The Labute approximate surface area is 293 Å². The van der Waals surface area contributed by atoms with Crippen molar-refractivity contribution in [2.75, 3.05) is 26.0 Å². The minimum atomic E-state index is -1.47. The Morgan fingerprint density at radius 3 is 1.60 bits per heavy atom. The SMILES string of the molecule is Cc1ccc(C(C)(C)c2ccc(OCC(COCCCP(=O)=S=S)OC(=O)Oc3ccc(C(C)(C)c4ccc(C)cc4)cc3)cc2)cc1.